The number of aromatic nitrogens is 3. The van der Waals surface area contributed by atoms with Crippen LogP contribution in [0.2, 0.25) is 0 Å². The Morgan fingerprint density at radius 2 is 1.62 bits per heavy atom. The van der Waals surface area contributed by atoms with Gasteiger partial charge in [0.25, 0.3) is 0 Å². The van der Waals surface area contributed by atoms with E-state index in [2.05, 4.69) is 10.1 Å². The second kappa shape index (κ2) is 10.5. The van der Waals surface area contributed by atoms with Crippen LogP contribution in [0.1, 0.15) is 31.2 Å². The van der Waals surface area contributed by atoms with Crippen molar-refractivity contribution < 1.29 is 21.9 Å². The van der Waals surface area contributed by atoms with Gasteiger partial charge < -0.3 is 9.64 Å². The molecular formula is C25H27F2N5O4S. The van der Waals surface area contributed by atoms with Crippen LogP contribution in [0.4, 0.5) is 14.5 Å². The van der Waals surface area contributed by atoms with E-state index in [1.54, 1.807) is 24.5 Å². The lowest BCUT2D eigenvalue weighted by Gasteiger charge is -2.36. The van der Waals surface area contributed by atoms with E-state index in [1.807, 2.05) is 4.90 Å². The van der Waals surface area contributed by atoms with Crippen molar-refractivity contribution in [1.82, 2.24) is 19.1 Å². The van der Waals surface area contributed by atoms with Crippen molar-refractivity contribution in [2.45, 2.75) is 37.5 Å². The highest BCUT2D eigenvalue weighted by molar-refractivity contribution is 7.88. The summed E-state index contributed by atoms with van der Waals surface area (Å²) < 4.78 is 62.1. The van der Waals surface area contributed by atoms with Gasteiger partial charge in [-0.15, -0.1) is 0 Å². The first-order valence-electron chi connectivity index (χ1n) is 12.2. The average molecular weight is 532 g/mol. The Balaban J connectivity index is 1.40. The molecule has 0 amide bonds. The molecule has 196 valence electrons. The molecule has 0 N–H and O–H groups in total. The van der Waals surface area contributed by atoms with Crippen LogP contribution in [0.15, 0.2) is 53.7 Å². The molecule has 3 heterocycles. The van der Waals surface area contributed by atoms with E-state index < -0.39 is 27.2 Å². The summed E-state index contributed by atoms with van der Waals surface area (Å²) in [5.41, 5.74) is 0.432. The van der Waals surface area contributed by atoms with Gasteiger partial charge in [-0.1, -0.05) is 0 Å². The molecule has 1 aromatic carbocycles. The predicted molar refractivity (Wildman–Crippen MR) is 133 cm³/mol. The fraction of sp³-hybridized carbons (Fsp3) is 0.400. The highest BCUT2D eigenvalue weighted by Gasteiger charge is 2.30. The van der Waals surface area contributed by atoms with Gasteiger partial charge >= 0.3 is 5.56 Å². The molecule has 5 rings (SSSR count). The van der Waals surface area contributed by atoms with E-state index in [0.717, 1.165) is 48.6 Å². The highest BCUT2D eigenvalue weighted by Crippen LogP contribution is 2.30. The molecule has 0 radical (unpaired) electrons. The normalized spacial score (nSPS) is 17.3. The molecule has 1 aliphatic carbocycles. The van der Waals surface area contributed by atoms with Crippen molar-refractivity contribution in [3.8, 4) is 11.4 Å². The lowest BCUT2D eigenvalue weighted by Crippen LogP contribution is -2.49. The number of piperazine rings is 1. The SMILES string of the molecule is O=c1c(OC2CCCC2)c(N2CCN(S(=O)(=O)Cc3ccncc3)CC2)cnn1-c1cc(F)cc(F)c1. The van der Waals surface area contributed by atoms with Gasteiger partial charge in [-0.3, -0.25) is 9.78 Å². The van der Waals surface area contributed by atoms with Crippen molar-refractivity contribution >= 4 is 15.7 Å². The lowest BCUT2D eigenvalue weighted by atomic mass is 10.2. The average Bonchev–Trinajstić information content (AvgIpc) is 3.38. The van der Waals surface area contributed by atoms with Gasteiger partial charge in [-0.2, -0.15) is 14.1 Å². The molecule has 2 aromatic heterocycles. The molecule has 9 nitrogen and oxygen atoms in total. The third-order valence-corrected chi connectivity index (χ3v) is 8.51. The first kappa shape index (κ1) is 25.3. The van der Waals surface area contributed by atoms with E-state index in [9.17, 15) is 22.0 Å². The minimum atomic E-state index is -3.53. The van der Waals surface area contributed by atoms with E-state index in [-0.39, 0.29) is 36.4 Å². The van der Waals surface area contributed by atoms with E-state index in [4.69, 9.17) is 4.74 Å². The van der Waals surface area contributed by atoms with Gasteiger partial charge in [0.1, 0.15) is 17.3 Å². The summed E-state index contributed by atoms with van der Waals surface area (Å²) in [5, 5.41) is 4.18. The number of halogens is 2. The van der Waals surface area contributed by atoms with Crippen molar-refractivity contribution in [2.24, 2.45) is 0 Å². The Morgan fingerprint density at radius 3 is 2.27 bits per heavy atom. The Kier molecular flexibility index (Phi) is 7.20. The standard InChI is InChI=1S/C25H27F2N5O4S/c26-19-13-20(27)15-21(14-19)32-25(33)24(36-22-3-1-2-4-22)23(16-29-32)30-9-11-31(12-10-30)37(34,35)17-18-5-7-28-8-6-18/h5-8,13-16,22H,1-4,9-12,17H2. The van der Waals surface area contributed by atoms with Gasteiger partial charge in [0.05, 0.1) is 23.7 Å². The van der Waals surface area contributed by atoms with Crippen LogP contribution in [0, 0.1) is 11.6 Å². The molecule has 0 spiro atoms. The van der Waals surface area contributed by atoms with Crippen LogP contribution >= 0.6 is 0 Å². The second-order valence-corrected chi connectivity index (χ2v) is 11.2. The van der Waals surface area contributed by atoms with Crippen LogP contribution in [0.5, 0.6) is 5.75 Å². The largest absolute Gasteiger partial charge is 0.483 e. The van der Waals surface area contributed by atoms with Gasteiger partial charge in [0, 0.05) is 44.6 Å². The molecule has 37 heavy (non-hydrogen) atoms. The number of hydrogen-bond acceptors (Lipinski definition) is 7. The number of rotatable bonds is 7. The van der Waals surface area contributed by atoms with E-state index in [0.29, 0.717) is 24.3 Å². The summed E-state index contributed by atoms with van der Waals surface area (Å²) >= 11 is 0. The Hall–Kier alpha value is -3.38. The lowest BCUT2D eigenvalue weighted by molar-refractivity contribution is 0.205. The zero-order chi connectivity index (χ0) is 26.0. The van der Waals surface area contributed by atoms with E-state index in [1.165, 1.54) is 10.5 Å². The molecule has 0 atom stereocenters. The number of hydrogen-bond donors (Lipinski definition) is 0. The first-order valence-corrected chi connectivity index (χ1v) is 13.8. The first-order chi connectivity index (χ1) is 17.8. The zero-order valence-electron chi connectivity index (χ0n) is 20.1. The molecule has 0 unspecified atom stereocenters. The maximum absolute atomic E-state index is 13.8. The third-order valence-electron chi connectivity index (χ3n) is 6.66. The summed E-state index contributed by atoms with van der Waals surface area (Å²) in [4.78, 5) is 19.3. The zero-order valence-corrected chi connectivity index (χ0v) is 20.9. The fourth-order valence-corrected chi connectivity index (χ4v) is 6.29. The fourth-order valence-electron chi connectivity index (χ4n) is 4.77. The molecular weight excluding hydrogens is 504 g/mol. The van der Waals surface area contributed by atoms with Crippen molar-refractivity contribution in [1.29, 1.82) is 0 Å². The maximum atomic E-state index is 13.8. The minimum absolute atomic E-state index is 0.0441. The van der Waals surface area contributed by atoms with Gasteiger partial charge in [0.2, 0.25) is 15.8 Å². The number of ether oxygens (including phenoxy) is 1. The number of sulfonamides is 1. The molecule has 1 saturated heterocycles. The highest BCUT2D eigenvalue weighted by atomic mass is 32.2. The molecule has 0 bridgehead atoms. The number of benzene rings is 1. The smallest absolute Gasteiger partial charge is 0.316 e. The Labute approximate surface area is 213 Å². The molecule has 2 aliphatic rings. The summed E-state index contributed by atoms with van der Waals surface area (Å²) in [5.74, 6) is -1.71. The van der Waals surface area contributed by atoms with Crippen LogP contribution in [-0.4, -0.2) is 59.8 Å². The second-order valence-electron chi connectivity index (χ2n) is 9.23. The summed E-state index contributed by atoms with van der Waals surface area (Å²) in [6.45, 7) is 1.12. The van der Waals surface area contributed by atoms with E-state index >= 15 is 0 Å². The van der Waals surface area contributed by atoms with Crippen molar-refractivity contribution in [3.63, 3.8) is 0 Å². The van der Waals surface area contributed by atoms with Crippen LogP contribution < -0.4 is 15.2 Å². The van der Waals surface area contributed by atoms with Crippen LogP contribution in [0.25, 0.3) is 5.69 Å². The number of pyridine rings is 1. The quantitative estimate of drug-likeness (QED) is 0.463. The Morgan fingerprint density at radius 1 is 0.973 bits per heavy atom. The molecule has 12 heteroatoms. The molecule has 3 aromatic rings. The van der Waals surface area contributed by atoms with Gasteiger partial charge in [-0.25, -0.2) is 17.2 Å². The van der Waals surface area contributed by atoms with Gasteiger partial charge in [0.15, 0.2) is 0 Å². The predicted octanol–water partition coefficient (Wildman–Crippen LogP) is 2.88. The monoisotopic (exact) mass is 531 g/mol. The molecule has 2 fully saturated rings. The summed E-state index contributed by atoms with van der Waals surface area (Å²) in [6.07, 6.45) is 7.99. The number of nitrogens with zero attached hydrogens (tertiary/aromatic N) is 5. The topological polar surface area (TPSA) is 97.6 Å². The van der Waals surface area contributed by atoms with Crippen molar-refractivity contribution in [2.75, 3.05) is 31.1 Å². The van der Waals surface area contributed by atoms with Crippen LogP contribution in [0.3, 0.4) is 0 Å². The summed E-state index contributed by atoms with van der Waals surface area (Å²) in [6, 6.07) is 6.13. The summed E-state index contributed by atoms with van der Waals surface area (Å²) in [7, 11) is -3.53. The maximum Gasteiger partial charge on any atom is 0.316 e. The van der Waals surface area contributed by atoms with Crippen molar-refractivity contribution in [3.05, 3.63) is 76.5 Å². The third kappa shape index (κ3) is 5.64. The number of anilines is 1. The molecule has 1 saturated carbocycles. The Bertz CT molecular complexity index is 1400. The molecule has 1 aliphatic heterocycles. The van der Waals surface area contributed by atoms with Gasteiger partial charge in [-0.05, 0) is 55.5 Å². The van der Waals surface area contributed by atoms with Crippen LogP contribution in [-0.2, 0) is 15.8 Å². The minimum Gasteiger partial charge on any atom is -0.483 e.